The van der Waals surface area contributed by atoms with Gasteiger partial charge in [0.1, 0.15) is 24.4 Å². The van der Waals surface area contributed by atoms with E-state index in [0.717, 1.165) is 22.3 Å². The van der Waals surface area contributed by atoms with E-state index in [0.29, 0.717) is 26.4 Å². The third-order valence-corrected chi connectivity index (χ3v) is 6.88. The lowest BCUT2D eigenvalue weighted by Crippen LogP contribution is -2.61. The molecule has 5 unspecified atom stereocenters. The normalized spacial score (nSPS) is 22.7. The summed E-state index contributed by atoms with van der Waals surface area (Å²) >= 11 is 0. The quantitative estimate of drug-likeness (QED) is 0.236. The molecule has 0 bridgehead atoms. The van der Waals surface area contributed by atoms with Crippen LogP contribution >= 0.6 is 0 Å². The second-order valence-corrected chi connectivity index (χ2v) is 9.81. The van der Waals surface area contributed by atoms with Crippen LogP contribution in [0.25, 0.3) is 0 Å². The highest BCUT2D eigenvalue weighted by Gasteiger charge is 2.48. The van der Waals surface area contributed by atoms with Gasteiger partial charge in [-0.25, -0.2) is 0 Å². The number of benzene rings is 4. The summed E-state index contributed by atoms with van der Waals surface area (Å²) in [7, 11) is 0. The molecule has 4 aromatic rings. The molecular formula is C34H36O6. The molecular weight excluding hydrogens is 504 g/mol. The first-order valence-electron chi connectivity index (χ1n) is 13.7. The van der Waals surface area contributed by atoms with Crippen LogP contribution < -0.4 is 0 Å². The van der Waals surface area contributed by atoms with E-state index in [1.807, 2.05) is 121 Å². The fraction of sp³-hybridized carbons (Fsp3) is 0.294. The molecule has 1 heterocycles. The maximum atomic E-state index is 10.4. The molecule has 1 saturated heterocycles. The van der Waals surface area contributed by atoms with Crippen molar-refractivity contribution in [3.63, 3.8) is 0 Å². The van der Waals surface area contributed by atoms with Crippen LogP contribution in [0.15, 0.2) is 121 Å². The number of hydrogen-bond donors (Lipinski definition) is 1. The summed E-state index contributed by atoms with van der Waals surface area (Å²) in [5.74, 6) is 0. The molecule has 0 radical (unpaired) electrons. The SMILES string of the molecule is OCC1OC(OCc2ccccc2)C(OCc2ccccc2)C(OCc2ccccc2)C1OCc1ccccc1. The predicted octanol–water partition coefficient (Wildman–Crippen LogP) is 5.68. The van der Waals surface area contributed by atoms with Gasteiger partial charge in [-0.15, -0.1) is 0 Å². The Hall–Kier alpha value is -3.36. The van der Waals surface area contributed by atoms with Gasteiger partial charge in [-0.3, -0.25) is 0 Å². The van der Waals surface area contributed by atoms with Crippen LogP contribution in [0.1, 0.15) is 22.3 Å². The number of ether oxygens (including phenoxy) is 5. The van der Waals surface area contributed by atoms with Crippen molar-refractivity contribution < 1.29 is 28.8 Å². The van der Waals surface area contributed by atoms with Gasteiger partial charge >= 0.3 is 0 Å². The Morgan fingerprint density at radius 2 is 0.800 bits per heavy atom. The van der Waals surface area contributed by atoms with Gasteiger partial charge in [-0.05, 0) is 22.3 Å². The van der Waals surface area contributed by atoms with E-state index in [9.17, 15) is 5.11 Å². The van der Waals surface area contributed by atoms with Crippen LogP contribution in [-0.4, -0.2) is 42.4 Å². The zero-order valence-electron chi connectivity index (χ0n) is 22.5. The third-order valence-electron chi connectivity index (χ3n) is 6.88. The first-order chi connectivity index (χ1) is 19.8. The molecule has 5 rings (SSSR count). The Labute approximate surface area is 236 Å². The molecule has 4 aromatic carbocycles. The Balaban J connectivity index is 1.41. The second-order valence-electron chi connectivity index (χ2n) is 9.81. The molecule has 1 fully saturated rings. The molecule has 0 amide bonds. The molecule has 0 aromatic heterocycles. The Morgan fingerprint density at radius 3 is 1.20 bits per heavy atom. The van der Waals surface area contributed by atoms with E-state index < -0.39 is 30.7 Å². The van der Waals surface area contributed by atoms with Crippen LogP contribution in [0.2, 0.25) is 0 Å². The Morgan fingerprint density at radius 1 is 0.450 bits per heavy atom. The van der Waals surface area contributed by atoms with Crippen LogP contribution in [-0.2, 0) is 50.1 Å². The molecule has 208 valence electrons. The molecule has 6 heteroatoms. The number of aliphatic hydroxyl groups is 1. The molecule has 1 aliphatic rings. The van der Waals surface area contributed by atoms with Crippen molar-refractivity contribution in [1.29, 1.82) is 0 Å². The fourth-order valence-corrected chi connectivity index (χ4v) is 4.78. The summed E-state index contributed by atoms with van der Waals surface area (Å²) < 4.78 is 32.1. The zero-order valence-corrected chi connectivity index (χ0v) is 22.5. The minimum absolute atomic E-state index is 0.249. The zero-order chi connectivity index (χ0) is 27.4. The van der Waals surface area contributed by atoms with Crippen molar-refractivity contribution in [2.75, 3.05) is 6.61 Å². The highest BCUT2D eigenvalue weighted by atomic mass is 16.7. The minimum atomic E-state index is -0.779. The average molecular weight is 541 g/mol. The molecule has 5 atom stereocenters. The van der Waals surface area contributed by atoms with Gasteiger partial charge in [0.2, 0.25) is 0 Å². The van der Waals surface area contributed by atoms with E-state index >= 15 is 0 Å². The summed E-state index contributed by atoms with van der Waals surface area (Å²) in [5, 5.41) is 10.4. The van der Waals surface area contributed by atoms with Crippen molar-refractivity contribution in [2.24, 2.45) is 0 Å². The van der Waals surface area contributed by atoms with Crippen molar-refractivity contribution in [3.05, 3.63) is 144 Å². The standard InChI is InChI=1S/C34H36O6/c35-21-30-31(36-22-26-13-5-1-6-14-26)32(37-23-27-15-7-2-8-16-27)33(38-24-28-17-9-3-10-18-28)34(40-30)39-25-29-19-11-4-12-20-29/h1-20,30-35H,21-25H2. The molecule has 1 aliphatic heterocycles. The van der Waals surface area contributed by atoms with E-state index in [4.69, 9.17) is 23.7 Å². The van der Waals surface area contributed by atoms with Gasteiger partial charge in [-0.2, -0.15) is 0 Å². The average Bonchev–Trinajstić information content (AvgIpc) is 3.03. The van der Waals surface area contributed by atoms with E-state index in [2.05, 4.69) is 0 Å². The largest absolute Gasteiger partial charge is 0.394 e. The maximum Gasteiger partial charge on any atom is 0.187 e. The number of aliphatic hydroxyl groups excluding tert-OH is 1. The molecule has 0 saturated carbocycles. The highest BCUT2D eigenvalue weighted by Crippen LogP contribution is 2.31. The molecule has 6 nitrogen and oxygen atoms in total. The Kier molecular flexibility index (Phi) is 10.5. The van der Waals surface area contributed by atoms with Gasteiger partial charge in [0.25, 0.3) is 0 Å². The number of hydrogen-bond acceptors (Lipinski definition) is 6. The van der Waals surface area contributed by atoms with Gasteiger partial charge in [0, 0.05) is 0 Å². The van der Waals surface area contributed by atoms with E-state index in [1.165, 1.54) is 0 Å². The van der Waals surface area contributed by atoms with Gasteiger partial charge in [0.15, 0.2) is 6.29 Å². The lowest BCUT2D eigenvalue weighted by Gasteiger charge is -2.45. The maximum absolute atomic E-state index is 10.4. The highest BCUT2D eigenvalue weighted by molar-refractivity contribution is 5.16. The van der Waals surface area contributed by atoms with Crippen LogP contribution in [0.4, 0.5) is 0 Å². The summed E-state index contributed by atoms with van der Waals surface area (Å²) in [6.45, 7) is 1.13. The van der Waals surface area contributed by atoms with Gasteiger partial charge in [-0.1, -0.05) is 121 Å². The summed E-state index contributed by atoms with van der Waals surface area (Å²) in [6.07, 6.45) is -3.22. The summed E-state index contributed by atoms with van der Waals surface area (Å²) in [6, 6.07) is 39.8. The smallest absolute Gasteiger partial charge is 0.187 e. The van der Waals surface area contributed by atoms with Gasteiger partial charge < -0.3 is 28.8 Å². The number of rotatable bonds is 13. The summed E-state index contributed by atoms with van der Waals surface area (Å²) in [4.78, 5) is 0. The second kappa shape index (κ2) is 14.9. The lowest BCUT2D eigenvalue weighted by atomic mass is 9.97. The van der Waals surface area contributed by atoms with E-state index in [-0.39, 0.29) is 6.61 Å². The monoisotopic (exact) mass is 540 g/mol. The molecule has 1 N–H and O–H groups in total. The topological polar surface area (TPSA) is 66.4 Å². The lowest BCUT2D eigenvalue weighted by molar-refractivity contribution is -0.329. The first-order valence-corrected chi connectivity index (χ1v) is 13.7. The Bertz CT molecular complexity index is 1240. The molecule has 0 aliphatic carbocycles. The van der Waals surface area contributed by atoms with Crippen molar-refractivity contribution in [3.8, 4) is 0 Å². The van der Waals surface area contributed by atoms with Crippen LogP contribution in [0.3, 0.4) is 0 Å². The minimum Gasteiger partial charge on any atom is -0.394 e. The summed E-state index contributed by atoms with van der Waals surface area (Å²) in [5.41, 5.74) is 4.08. The molecule has 40 heavy (non-hydrogen) atoms. The van der Waals surface area contributed by atoms with E-state index in [1.54, 1.807) is 0 Å². The first kappa shape index (κ1) is 28.2. The van der Waals surface area contributed by atoms with Crippen molar-refractivity contribution >= 4 is 0 Å². The van der Waals surface area contributed by atoms with Crippen LogP contribution in [0.5, 0.6) is 0 Å². The third kappa shape index (κ3) is 7.86. The fourth-order valence-electron chi connectivity index (χ4n) is 4.78. The van der Waals surface area contributed by atoms with Crippen molar-refractivity contribution in [2.45, 2.75) is 57.1 Å². The molecule has 0 spiro atoms. The van der Waals surface area contributed by atoms with Crippen molar-refractivity contribution in [1.82, 2.24) is 0 Å². The van der Waals surface area contributed by atoms with Crippen LogP contribution in [0, 0.1) is 0 Å². The predicted molar refractivity (Wildman–Crippen MR) is 152 cm³/mol. The van der Waals surface area contributed by atoms with Gasteiger partial charge in [0.05, 0.1) is 33.0 Å².